The number of carbonyl (C=O) groups is 2. The maximum atomic E-state index is 11.8. The van der Waals surface area contributed by atoms with E-state index < -0.39 is 0 Å². The lowest BCUT2D eigenvalue weighted by Crippen LogP contribution is -2.34. The average Bonchev–Trinajstić information content (AvgIpc) is 3.15. The second-order valence-corrected chi connectivity index (χ2v) is 5.37. The van der Waals surface area contributed by atoms with Crippen molar-refractivity contribution in [2.75, 3.05) is 13.1 Å². The fourth-order valence-corrected chi connectivity index (χ4v) is 2.36. The van der Waals surface area contributed by atoms with Crippen LogP contribution in [0.25, 0.3) is 0 Å². The lowest BCUT2D eigenvalue weighted by atomic mass is 10.1. The summed E-state index contributed by atoms with van der Waals surface area (Å²) in [5, 5.41) is 2.97. The molecule has 2 saturated carbocycles. The van der Waals surface area contributed by atoms with Crippen molar-refractivity contribution >= 4 is 11.8 Å². The normalized spacial score (nSPS) is 29.6. The molecule has 0 bridgehead atoms. The van der Waals surface area contributed by atoms with Gasteiger partial charge in [-0.15, -0.1) is 0 Å². The van der Waals surface area contributed by atoms with E-state index in [2.05, 4.69) is 5.32 Å². The molecule has 4 nitrogen and oxygen atoms in total. The molecule has 3 rings (SSSR count). The van der Waals surface area contributed by atoms with Crippen LogP contribution in [0, 0.1) is 11.8 Å². The molecule has 2 aliphatic carbocycles. The molecule has 0 aromatic carbocycles. The molecule has 0 radical (unpaired) electrons. The monoisotopic (exact) mass is 222 g/mol. The number of hydrogen-bond donors (Lipinski definition) is 1. The maximum absolute atomic E-state index is 11.8. The van der Waals surface area contributed by atoms with Gasteiger partial charge in [0.25, 0.3) is 0 Å². The first-order chi connectivity index (χ1) is 7.74. The highest BCUT2D eigenvalue weighted by Crippen LogP contribution is 2.33. The van der Waals surface area contributed by atoms with E-state index in [1.807, 2.05) is 4.90 Å². The summed E-state index contributed by atoms with van der Waals surface area (Å²) >= 11 is 0. The van der Waals surface area contributed by atoms with E-state index in [0.29, 0.717) is 24.9 Å². The van der Waals surface area contributed by atoms with E-state index in [1.54, 1.807) is 0 Å². The molecule has 1 aliphatic heterocycles. The molecular formula is C12H18N2O2. The van der Waals surface area contributed by atoms with Crippen molar-refractivity contribution in [1.29, 1.82) is 0 Å². The molecule has 88 valence electrons. The zero-order valence-electron chi connectivity index (χ0n) is 9.45. The molecule has 3 aliphatic rings. The number of rotatable bonds is 4. The number of carbonyl (C=O) groups excluding carboxylic acids is 2. The lowest BCUT2D eigenvalue weighted by Gasteiger charge is -2.15. The molecule has 0 aromatic heterocycles. The summed E-state index contributed by atoms with van der Waals surface area (Å²) in [6.07, 6.45) is 5.17. The molecule has 1 saturated heterocycles. The van der Waals surface area contributed by atoms with E-state index in [-0.39, 0.29) is 17.7 Å². The Morgan fingerprint density at radius 3 is 2.69 bits per heavy atom. The largest absolute Gasteiger partial charge is 0.356 e. The van der Waals surface area contributed by atoms with Crippen LogP contribution in [-0.2, 0) is 9.59 Å². The summed E-state index contributed by atoms with van der Waals surface area (Å²) in [6, 6.07) is 0.453. The van der Waals surface area contributed by atoms with Crippen LogP contribution in [0.15, 0.2) is 0 Å². The predicted molar refractivity (Wildman–Crippen MR) is 58.6 cm³/mol. The molecule has 0 unspecified atom stereocenters. The van der Waals surface area contributed by atoms with Gasteiger partial charge in [-0.3, -0.25) is 9.59 Å². The Kier molecular flexibility index (Phi) is 2.37. The van der Waals surface area contributed by atoms with Gasteiger partial charge in [0.2, 0.25) is 11.8 Å². The van der Waals surface area contributed by atoms with Crippen LogP contribution in [0.5, 0.6) is 0 Å². The number of nitrogens with one attached hydrogen (secondary N) is 1. The highest BCUT2D eigenvalue weighted by Gasteiger charge is 2.41. The fraction of sp³-hybridized carbons (Fsp3) is 0.833. The van der Waals surface area contributed by atoms with Crippen LogP contribution in [0.1, 0.15) is 32.1 Å². The Morgan fingerprint density at radius 2 is 2.06 bits per heavy atom. The SMILES string of the molecule is O=C(NCC1CC1)[C@H]1CC(=O)N(C2CC2)C1. The van der Waals surface area contributed by atoms with E-state index >= 15 is 0 Å². The van der Waals surface area contributed by atoms with Gasteiger partial charge in [-0.1, -0.05) is 0 Å². The molecule has 1 N–H and O–H groups in total. The van der Waals surface area contributed by atoms with Gasteiger partial charge in [-0.2, -0.15) is 0 Å². The first-order valence-electron chi connectivity index (χ1n) is 6.31. The second kappa shape index (κ2) is 3.75. The van der Waals surface area contributed by atoms with Crippen LogP contribution in [-0.4, -0.2) is 35.8 Å². The number of nitrogens with zero attached hydrogens (tertiary/aromatic N) is 1. The molecule has 0 spiro atoms. The summed E-state index contributed by atoms with van der Waals surface area (Å²) in [6.45, 7) is 1.47. The minimum atomic E-state index is -0.0909. The molecule has 1 heterocycles. The third-order valence-electron chi connectivity index (χ3n) is 3.78. The first-order valence-corrected chi connectivity index (χ1v) is 6.31. The number of amides is 2. The zero-order valence-corrected chi connectivity index (χ0v) is 9.45. The topological polar surface area (TPSA) is 49.4 Å². The van der Waals surface area contributed by atoms with E-state index in [9.17, 15) is 9.59 Å². The quantitative estimate of drug-likeness (QED) is 0.754. The summed E-state index contributed by atoms with van der Waals surface area (Å²) < 4.78 is 0. The van der Waals surface area contributed by atoms with Gasteiger partial charge >= 0.3 is 0 Å². The van der Waals surface area contributed by atoms with Gasteiger partial charge in [-0.05, 0) is 31.6 Å². The van der Waals surface area contributed by atoms with E-state index in [1.165, 1.54) is 12.8 Å². The minimum Gasteiger partial charge on any atom is -0.356 e. The predicted octanol–water partition coefficient (Wildman–Crippen LogP) is 0.523. The van der Waals surface area contributed by atoms with Crippen molar-refractivity contribution in [3.05, 3.63) is 0 Å². The average molecular weight is 222 g/mol. The first kappa shape index (κ1) is 10.1. The minimum absolute atomic E-state index is 0.0865. The zero-order chi connectivity index (χ0) is 11.1. The smallest absolute Gasteiger partial charge is 0.225 e. The van der Waals surface area contributed by atoms with Gasteiger partial charge in [0.1, 0.15) is 0 Å². The highest BCUT2D eigenvalue weighted by molar-refractivity contribution is 5.89. The maximum Gasteiger partial charge on any atom is 0.225 e. The Bertz CT molecular complexity index is 321. The lowest BCUT2D eigenvalue weighted by molar-refractivity contribution is -0.129. The standard InChI is InChI=1S/C12H18N2O2/c15-11-5-9(7-14(11)10-3-4-10)12(16)13-6-8-1-2-8/h8-10H,1-7H2,(H,13,16)/t9-/m0/s1. The van der Waals surface area contributed by atoms with Crippen LogP contribution in [0.4, 0.5) is 0 Å². The van der Waals surface area contributed by atoms with Gasteiger partial charge in [0, 0.05) is 25.6 Å². The third kappa shape index (κ3) is 2.06. The molecule has 0 aromatic rings. The molecule has 2 amide bonds. The Labute approximate surface area is 95.4 Å². The summed E-state index contributed by atoms with van der Waals surface area (Å²) in [7, 11) is 0. The second-order valence-electron chi connectivity index (χ2n) is 5.37. The van der Waals surface area contributed by atoms with Gasteiger partial charge < -0.3 is 10.2 Å². The summed E-state index contributed by atoms with van der Waals surface area (Å²) in [5.41, 5.74) is 0. The van der Waals surface area contributed by atoms with Crippen LogP contribution in [0.2, 0.25) is 0 Å². The molecule has 4 heteroatoms. The van der Waals surface area contributed by atoms with Crippen LogP contribution in [0.3, 0.4) is 0 Å². The Balaban J connectivity index is 1.50. The molecule has 3 fully saturated rings. The number of likely N-dealkylation sites (tertiary alicyclic amines) is 1. The summed E-state index contributed by atoms with van der Waals surface area (Å²) in [5.74, 6) is 0.880. The van der Waals surface area contributed by atoms with Gasteiger partial charge in [0.05, 0.1) is 5.92 Å². The highest BCUT2D eigenvalue weighted by atomic mass is 16.2. The van der Waals surface area contributed by atoms with Crippen molar-refractivity contribution in [3.8, 4) is 0 Å². The van der Waals surface area contributed by atoms with Gasteiger partial charge in [-0.25, -0.2) is 0 Å². The fourth-order valence-electron chi connectivity index (χ4n) is 2.36. The Hall–Kier alpha value is -1.06. The van der Waals surface area contributed by atoms with Crippen molar-refractivity contribution < 1.29 is 9.59 Å². The molecular weight excluding hydrogens is 204 g/mol. The van der Waals surface area contributed by atoms with Crippen molar-refractivity contribution in [1.82, 2.24) is 10.2 Å². The molecule has 1 atom stereocenters. The van der Waals surface area contributed by atoms with Crippen molar-refractivity contribution in [2.45, 2.75) is 38.1 Å². The van der Waals surface area contributed by atoms with Crippen LogP contribution < -0.4 is 5.32 Å². The van der Waals surface area contributed by atoms with Crippen molar-refractivity contribution in [3.63, 3.8) is 0 Å². The van der Waals surface area contributed by atoms with Crippen molar-refractivity contribution in [2.24, 2.45) is 11.8 Å². The van der Waals surface area contributed by atoms with E-state index in [0.717, 1.165) is 19.4 Å². The third-order valence-corrected chi connectivity index (χ3v) is 3.78. The van der Waals surface area contributed by atoms with Gasteiger partial charge in [0.15, 0.2) is 0 Å². The van der Waals surface area contributed by atoms with Crippen LogP contribution >= 0.6 is 0 Å². The Morgan fingerprint density at radius 1 is 1.31 bits per heavy atom. The summed E-state index contributed by atoms with van der Waals surface area (Å²) in [4.78, 5) is 25.4. The number of hydrogen-bond acceptors (Lipinski definition) is 2. The van der Waals surface area contributed by atoms with E-state index in [4.69, 9.17) is 0 Å². The molecule has 16 heavy (non-hydrogen) atoms.